The summed E-state index contributed by atoms with van der Waals surface area (Å²) < 4.78 is 27.0. The zero-order valence-electron chi connectivity index (χ0n) is 16.2. The van der Waals surface area contributed by atoms with E-state index in [1.807, 2.05) is 13.0 Å². The number of sulfonamides is 1. The number of carboxylic acids is 1. The highest BCUT2D eigenvalue weighted by atomic mass is 35.5. The molecule has 9 heteroatoms. The number of piperazine rings is 1. The molecule has 2 aromatic carbocycles. The number of quaternary nitrogens is 1. The Kier molecular flexibility index (Phi) is 6.43. The van der Waals surface area contributed by atoms with Crippen molar-refractivity contribution in [2.24, 2.45) is 0 Å². The fourth-order valence-corrected chi connectivity index (χ4v) is 5.75. The zero-order chi connectivity index (χ0) is 21.3. The standard InChI is InChI=1S/C20H22Cl2N2O4S/c1-13-3-5-17(9-15(13)10-20(25)26)29(27,28)24-8-7-23(12-14(24)2)16-4-6-18(21)19(22)11-16/h3-6,9,11,14H,7-8,10,12H2,1-2H3,(H,25,26)/p+1/t14-/m0/s1. The van der Waals surface area contributed by atoms with Crippen LogP contribution in [0.15, 0.2) is 41.3 Å². The summed E-state index contributed by atoms with van der Waals surface area (Å²) in [5.74, 6) is -0.987. The Morgan fingerprint density at radius 1 is 1.21 bits per heavy atom. The summed E-state index contributed by atoms with van der Waals surface area (Å²) in [6, 6.07) is 9.92. The van der Waals surface area contributed by atoms with Gasteiger partial charge in [0.15, 0.2) is 0 Å². The summed E-state index contributed by atoms with van der Waals surface area (Å²) in [5.41, 5.74) is 2.18. The summed E-state index contributed by atoms with van der Waals surface area (Å²) in [6.45, 7) is 5.15. The third kappa shape index (κ3) is 4.69. The molecular formula is C20H23Cl2N2O4S+. The average molecular weight is 458 g/mol. The average Bonchev–Trinajstić information content (AvgIpc) is 2.65. The lowest BCUT2D eigenvalue weighted by Gasteiger charge is -2.37. The molecule has 0 aromatic heterocycles. The Morgan fingerprint density at radius 3 is 2.55 bits per heavy atom. The van der Waals surface area contributed by atoms with Crippen LogP contribution >= 0.6 is 23.2 Å². The van der Waals surface area contributed by atoms with Crippen LogP contribution in [0.3, 0.4) is 0 Å². The number of hydrogen-bond donors (Lipinski definition) is 2. The molecule has 0 saturated carbocycles. The van der Waals surface area contributed by atoms with E-state index in [-0.39, 0.29) is 17.4 Å². The van der Waals surface area contributed by atoms with E-state index in [1.165, 1.54) is 6.07 Å². The van der Waals surface area contributed by atoms with Gasteiger partial charge in [0.05, 0.1) is 29.6 Å². The van der Waals surface area contributed by atoms with Crippen molar-refractivity contribution >= 4 is 44.9 Å². The normalized spacial score (nSPS) is 19.9. The monoisotopic (exact) mass is 457 g/mol. The number of nitrogens with zero attached hydrogens (tertiary/aromatic N) is 1. The largest absolute Gasteiger partial charge is 0.481 e. The summed E-state index contributed by atoms with van der Waals surface area (Å²) in [7, 11) is -3.66. The van der Waals surface area contributed by atoms with Crippen molar-refractivity contribution in [1.29, 1.82) is 0 Å². The van der Waals surface area contributed by atoms with Gasteiger partial charge in [-0.1, -0.05) is 29.3 Å². The van der Waals surface area contributed by atoms with Crippen molar-refractivity contribution in [3.8, 4) is 0 Å². The number of carbonyl (C=O) groups is 1. The lowest BCUT2D eigenvalue weighted by Crippen LogP contribution is -3.19. The third-order valence-electron chi connectivity index (χ3n) is 5.26. The maximum atomic E-state index is 13.2. The van der Waals surface area contributed by atoms with E-state index in [9.17, 15) is 13.2 Å². The molecule has 3 rings (SSSR count). The molecule has 0 spiro atoms. The molecule has 1 aliphatic heterocycles. The molecule has 1 heterocycles. The second-order valence-corrected chi connectivity index (χ2v) is 10.1. The quantitative estimate of drug-likeness (QED) is 0.720. The van der Waals surface area contributed by atoms with Crippen LogP contribution in [0.2, 0.25) is 10.0 Å². The van der Waals surface area contributed by atoms with Crippen molar-refractivity contribution in [3.05, 3.63) is 57.6 Å². The Hall–Kier alpha value is -1.80. The topological polar surface area (TPSA) is 79.1 Å². The van der Waals surface area contributed by atoms with E-state index in [2.05, 4.69) is 4.90 Å². The number of aliphatic carboxylic acids is 1. The van der Waals surface area contributed by atoms with Crippen LogP contribution in [0.4, 0.5) is 5.69 Å². The van der Waals surface area contributed by atoms with Crippen molar-refractivity contribution in [2.75, 3.05) is 24.5 Å². The number of aryl methyl sites for hydroxylation is 1. The SMILES string of the molecule is Cc1ccc(S(=O)(=O)[NH+]2CCN(c3ccc(Cl)c(Cl)c3)C[C@@H]2C)cc1CC(=O)O. The minimum Gasteiger partial charge on any atom is -0.481 e. The number of rotatable bonds is 5. The van der Waals surface area contributed by atoms with Gasteiger partial charge in [-0.3, -0.25) is 4.79 Å². The van der Waals surface area contributed by atoms with E-state index < -0.39 is 16.0 Å². The fraction of sp³-hybridized carbons (Fsp3) is 0.350. The van der Waals surface area contributed by atoms with Crippen LogP contribution in [0.1, 0.15) is 18.1 Å². The third-order valence-corrected chi connectivity index (χ3v) is 8.17. The molecule has 1 saturated heterocycles. The van der Waals surface area contributed by atoms with Crippen LogP contribution in [0.5, 0.6) is 0 Å². The Morgan fingerprint density at radius 2 is 1.93 bits per heavy atom. The van der Waals surface area contributed by atoms with Gasteiger partial charge in [-0.2, -0.15) is 8.42 Å². The molecule has 0 aliphatic carbocycles. The molecule has 0 amide bonds. The Bertz CT molecular complexity index is 1040. The second kappa shape index (κ2) is 8.52. The molecular weight excluding hydrogens is 435 g/mol. The van der Waals surface area contributed by atoms with Crippen LogP contribution in [-0.4, -0.2) is 45.2 Å². The molecule has 1 aliphatic rings. The number of nitrogens with one attached hydrogen (secondary N) is 1. The molecule has 2 N–H and O–H groups in total. The molecule has 6 nitrogen and oxygen atoms in total. The first-order valence-corrected chi connectivity index (χ1v) is 11.5. The number of halogens is 2. The second-order valence-electron chi connectivity index (χ2n) is 7.32. The molecule has 2 aromatic rings. The number of carboxylic acid groups (broad SMARTS) is 1. The van der Waals surface area contributed by atoms with Gasteiger partial charge in [0.1, 0.15) is 17.5 Å². The first-order chi connectivity index (χ1) is 13.6. The molecule has 0 bridgehead atoms. The first kappa shape index (κ1) is 21.9. The summed E-state index contributed by atoms with van der Waals surface area (Å²) in [4.78, 5) is 13.3. The van der Waals surface area contributed by atoms with Gasteiger partial charge in [0.25, 0.3) is 0 Å². The molecule has 1 unspecified atom stereocenters. The maximum absolute atomic E-state index is 13.2. The van der Waals surface area contributed by atoms with Gasteiger partial charge in [-0.15, -0.1) is 0 Å². The van der Waals surface area contributed by atoms with E-state index in [4.69, 9.17) is 28.3 Å². The van der Waals surface area contributed by atoms with Crippen LogP contribution in [0, 0.1) is 6.92 Å². The van der Waals surface area contributed by atoms with Gasteiger partial charge in [-0.25, -0.2) is 4.31 Å². The van der Waals surface area contributed by atoms with Crippen molar-refractivity contribution < 1.29 is 22.6 Å². The maximum Gasteiger partial charge on any atom is 0.326 e. The highest BCUT2D eigenvalue weighted by Crippen LogP contribution is 2.27. The van der Waals surface area contributed by atoms with E-state index in [0.29, 0.717) is 39.5 Å². The van der Waals surface area contributed by atoms with E-state index in [0.717, 1.165) is 11.3 Å². The lowest BCUT2D eigenvalue weighted by atomic mass is 10.1. The molecule has 29 heavy (non-hydrogen) atoms. The van der Waals surface area contributed by atoms with Crippen molar-refractivity contribution in [2.45, 2.75) is 31.2 Å². The van der Waals surface area contributed by atoms with Crippen molar-refractivity contribution in [3.63, 3.8) is 0 Å². The zero-order valence-corrected chi connectivity index (χ0v) is 18.5. The smallest absolute Gasteiger partial charge is 0.326 e. The van der Waals surface area contributed by atoms with E-state index in [1.54, 1.807) is 31.2 Å². The summed E-state index contributed by atoms with van der Waals surface area (Å²) in [6.07, 6.45) is -0.203. The number of hydrogen-bond acceptors (Lipinski definition) is 4. The van der Waals surface area contributed by atoms with Crippen LogP contribution in [-0.2, 0) is 21.2 Å². The van der Waals surface area contributed by atoms with Crippen LogP contribution < -0.4 is 9.21 Å². The van der Waals surface area contributed by atoms with Gasteiger partial charge >= 0.3 is 16.0 Å². The molecule has 0 radical (unpaired) electrons. The number of benzene rings is 2. The predicted octanol–water partition coefficient (Wildman–Crippen LogP) is 2.41. The van der Waals surface area contributed by atoms with Crippen LogP contribution in [0.25, 0.3) is 0 Å². The Labute approximate surface area is 180 Å². The fourth-order valence-electron chi connectivity index (χ4n) is 3.65. The lowest BCUT2D eigenvalue weighted by molar-refractivity contribution is -0.796. The minimum atomic E-state index is -3.66. The van der Waals surface area contributed by atoms with Gasteiger partial charge < -0.3 is 10.0 Å². The van der Waals surface area contributed by atoms with Gasteiger partial charge in [-0.05, 0) is 55.3 Å². The highest BCUT2D eigenvalue weighted by Gasteiger charge is 2.38. The molecule has 2 atom stereocenters. The Balaban J connectivity index is 1.82. The molecule has 1 fully saturated rings. The minimum absolute atomic E-state index is 0.157. The summed E-state index contributed by atoms with van der Waals surface area (Å²) in [5, 5.41) is 10.0. The summed E-state index contributed by atoms with van der Waals surface area (Å²) >= 11 is 12.1. The molecule has 156 valence electrons. The van der Waals surface area contributed by atoms with Gasteiger partial charge in [0.2, 0.25) is 0 Å². The number of anilines is 1. The van der Waals surface area contributed by atoms with Crippen molar-refractivity contribution in [1.82, 2.24) is 0 Å². The van der Waals surface area contributed by atoms with E-state index >= 15 is 0 Å². The predicted molar refractivity (Wildman–Crippen MR) is 114 cm³/mol. The first-order valence-electron chi connectivity index (χ1n) is 9.21. The van der Waals surface area contributed by atoms with Gasteiger partial charge in [0, 0.05) is 5.69 Å². The highest BCUT2D eigenvalue weighted by molar-refractivity contribution is 7.85.